The van der Waals surface area contributed by atoms with Gasteiger partial charge in [-0.3, -0.25) is 0 Å². The van der Waals surface area contributed by atoms with Crippen molar-refractivity contribution in [1.29, 1.82) is 5.26 Å². The number of rotatable bonds is 4. The number of nitrogens with zero attached hydrogens (tertiary/aromatic N) is 2. The van der Waals surface area contributed by atoms with Gasteiger partial charge in [0.2, 0.25) is 0 Å². The Morgan fingerprint density at radius 2 is 2.20 bits per heavy atom. The van der Waals surface area contributed by atoms with E-state index in [0.29, 0.717) is 5.56 Å². The van der Waals surface area contributed by atoms with Gasteiger partial charge in [-0.25, -0.2) is 0 Å². The van der Waals surface area contributed by atoms with Crippen molar-refractivity contribution in [3.63, 3.8) is 0 Å². The zero-order valence-electron chi connectivity index (χ0n) is 8.83. The highest BCUT2D eigenvalue weighted by molar-refractivity contribution is 9.10. The van der Waals surface area contributed by atoms with Gasteiger partial charge >= 0.3 is 0 Å². The van der Waals surface area contributed by atoms with E-state index in [9.17, 15) is 0 Å². The average molecular weight is 285 g/mol. The zero-order valence-corrected chi connectivity index (χ0v) is 11.2. The third-order valence-corrected chi connectivity index (χ3v) is 3.83. The number of nitriles is 1. The normalized spacial score (nSPS) is 10.3. The highest BCUT2D eigenvalue weighted by atomic mass is 79.9. The van der Waals surface area contributed by atoms with Crippen molar-refractivity contribution in [2.75, 3.05) is 26.4 Å². The third-order valence-electron chi connectivity index (χ3n) is 1.86. The summed E-state index contributed by atoms with van der Waals surface area (Å²) in [7, 11) is 4.13. The van der Waals surface area contributed by atoms with Crippen LogP contribution in [-0.4, -0.2) is 31.3 Å². The fourth-order valence-corrected chi connectivity index (χ4v) is 2.79. The highest BCUT2D eigenvalue weighted by Crippen LogP contribution is 2.28. The molecule has 4 heteroatoms. The molecule has 15 heavy (non-hydrogen) atoms. The van der Waals surface area contributed by atoms with E-state index in [-0.39, 0.29) is 0 Å². The summed E-state index contributed by atoms with van der Waals surface area (Å²) < 4.78 is 1.00. The molecule has 0 spiro atoms. The van der Waals surface area contributed by atoms with Gasteiger partial charge in [0.25, 0.3) is 0 Å². The van der Waals surface area contributed by atoms with Gasteiger partial charge in [0.1, 0.15) is 0 Å². The summed E-state index contributed by atoms with van der Waals surface area (Å²) in [6.07, 6.45) is 0. The monoisotopic (exact) mass is 284 g/mol. The van der Waals surface area contributed by atoms with E-state index in [1.54, 1.807) is 11.8 Å². The first-order chi connectivity index (χ1) is 7.13. The first kappa shape index (κ1) is 12.6. The Kier molecular flexibility index (Phi) is 5.16. The largest absolute Gasteiger partial charge is 0.309 e. The molecular weight excluding hydrogens is 272 g/mol. The van der Waals surface area contributed by atoms with Gasteiger partial charge in [0.15, 0.2) is 0 Å². The van der Waals surface area contributed by atoms with Crippen molar-refractivity contribution in [3.05, 3.63) is 28.2 Å². The van der Waals surface area contributed by atoms with Crippen LogP contribution in [-0.2, 0) is 0 Å². The third kappa shape index (κ3) is 4.25. The van der Waals surface area contributed by atoms with Crippen molar-refractivity contribution in [1.82, 2.24) is 4.90 Å². The Labute approximate surface area is 103 Å². The van der Waals surface area contributed by atoms with Gasteiger partial charge in [-0.15, -0.1) is 11.8 Å². The summed E-state index contributed by atoms with van der Waals surface area (Å²) in [6, 6.07) is 7.82. The van der Waals surface area contributed by atoms with E-state index >= 15 is 0 Å². The summed E-state index contributed by atoms with van der Waals surface area (Å²) in [6.45, 7) is 1.05. The molecular formula is C11H13BrN2S. The predicted molar refractivity (Wildman–Crippen MR) is 68.1 cm³/mol. The Balaban J connectivity index is 2.59. The lowest BCUT2D eigenvalue weighted by atomic mass is 10.2. The maximum absolute atomic E-state index is 8.72. The lowest BCUT2D eigenvalue weighted by Crippen LogP contribution is -2.14. The molecule has 0 unspecified atom stereocenters. The molecule has 0 saturated heterocycles. The molecule has 0 radical (unpaired) electrons. The maximum Gasteiger partial charge on any atom is 0.0992 e. The molecule has 0 saturated carbocycles. The van der Waals surface area contributed by atoms with Crippen molar-refractivity contribution < 1.29 is 0 Å². The van der Waals surface area contributed by atoms with Gasteiger partial charge in [0.05, 0.1) is 11.6 Å². The van der Waals surface area contributed by atoms with Crippen molar-refractivity contribution in [2.24, 2.45) is 0 Å². The van der Waals surface area contributed by atoms with E-state index in [1.165, 1.54) is 4.90 Å². The minimum Gasteiger partial charge on any atom is -0.309 e. The minimum atomic E-state index is 0.693. The van der Waals surface area contributed by atoms with Crippen LogP contribution in [0.25, 0.3) is 0 Å². The Bertz CT molecular complexity index is 371. The molecule has 2 nitrogen and oxygen atoms in total. The van der Waals surface area contributed by atoms with Crippen LogP contribution in [0.4, 0.5) is 0 Å². The molecule has 0 heterocycles. The summed E-state index contributed by atoms with van der Waals surface area (Å²) in [5.41, 5.74) is 0.693. The van der Waals surface area contributed by atoms with Crippen LogP contribution < -0.4 is 0 Å². The summed E-state index contributed by atoms with van der Waals surface area (Å²) >= 11 is 5.27. The van der Waals surface area contributed by atoms with E-state index < -0.39 is 0 Å². The molecule has 0 atom stereocenters. The molecule has 0 aliphatic carbocycles. The first-order valence-corrected chi connectivity index (χ1v) is 6.38. The van der Waals surface area contributed by atoms with E-state index in [0.717, 1.165) is 16.8 Å². The van der Waals surface area contributed by atoms with Crippen LogP contribution in [0.5, 0.6) is 0 Å². The molecule has 1 aromatic rings. The molecule has 0 bridgehead atoms. The van der Waals surface area contributed by atoms with Crippen LogP contribution in [0.1, 0.15) is 5.56 Å². The number of hydrogen-bond donors (Lipinski definition) is 0. The minimum absolute atomic E-state index is 0.693. The van der Waals surface area contributed by atoms with Crippen molar-refractivity contribution in [2.45, 2.75) is 4.90 Å². The molecule has 1 rings (SSSR count). The highest BCUT2D eigenvalue weighted by Gasteiger charge is 2.02. The quantitative estimate of drug-likeness (QED) is 0.796. The predicted octanol–water partition coefficient (Wildman–Crippen LogP) is 2.97. The molecule has 0 fully saturated rings. The SMILES string of the molecule is CN(C)CCSc1ccc(C#N)cc1Br. The lowest BCUT2D eigenvalue weighted by Gasteiger charge is -2.09. The van der Waals surface area contributed by atoms with Crippen LogP contribution >= 0.6 is 27.7 Å². The Hall–Kier alpha value is -0.500. The zero-order chi connectivity index (χ0) is 11.3. The summed E-state index contributed by atoms with van der Waals surface area (Å²) in [5.74, 6) is 1.05. The molecule has 80 valence electrons. The van der Waals surface area contributed by atoms with Crippen LogP contribution in [0.3, 0.4) is 0 Å². The fraction of sp³-hybridized carbons (Fsp3) is 0.364. The summed E-state index contributed by atoms with van der Waals surface area (Å²) in [4.78, 5) is 3.35. The number of benzene rings is 1. The second-order valence-electron chi connectivity index (χ2n) is 3.41. The number of halogens is 1. The van der Waals surface area contributed by atoms with Crippen LogP contribution in [0, 0.1) is 11.3 Å². The second kappa shape index (κ2) is 6.16. The standard InChI is InChI=1S/C11H13BrN2S/c1-14(2)5-6-15-11-4-3-9(8-13)7-10(11)12/h3-4,7H,5-6H2,1-2H3. The second-order valence-corrected chi connectivity index (χ2v) is 5.40. The Morgan fingerprint density at radius 1 is 1.47 bits per heavy atom. The van der Waals surface area contributed by atoms with Gasteiger partial charge in [-0.2, -0.15) is 5.26 Å². The average Bonchev–Trinajstić information content (AvgIpc) is 2.20. The van der Waals surface area contributed by atoms with E-state index in [4.69, 9.17) is 5.26 Å². The van der Waals surface area contributed by atoms with Gasteiger partial charge in [-0.05, 0) is 48.2 Å². The smallest absolute Gasteiger partial charge is 0.0992 e. The number of thioether (sulfide) groups is 1. The summed E-state index contributed by atoms with van der Waals surface area (Å²) in [5, 5.41) is 8.72. The van der Waals surface area contributed by atoms with Crippen molar-refractivity contribution >= 4 is 27.7 Å². The molecule has 0 aromatic heterocycles. The molecule has 0 aliphatic rings. The van der Waals surface area contributed by atoms with E-state index in [1.807, 2.05) is 18.2 Å². The van der Waals surface area contributed by atoms with Crippen LogP contribution in [0.2, 0.25) is 0 Å². The molecule has 0 amide bonds. The fourth-order valence-electron chi connectivity index (χ4n) is 1.03. The van der Waals surface area contributed by atoms with Crippen LogP contribution in [0.15, 0.2) is 27.6 Å². The van der Waals surface area contributed by atoms with Gasteiger partial charge in [-0.1, -0.05) is 0 Å². The molecule has 1 aromatic carbocycles. The van der Waals surface area contributed by atoms with Crippen molar-refractivity contribution in [3.8, 4) is 6.07 Å². The number of hydrogen-bond acceptors (Lipinski definition) is 3. The molecule has 0 N–H and O–H groups in total. The van der Waals surface area contributed by atoms with Gasteiger partial charge < -0.3 is 4.90 Å². The first-order valence-electron chi connectivity index (χ1n) is 4.60. The van der Waals surface area contributed by atoms with E-state index in [2.05, 4.69) is 41.0 Å². The van der Waals surface area contributed by atoms with Gasteiger partial charge in [0, 0.05) is 21.7 Å². The maximum atomic E-state index is 8.72. The molecule has 0 aliphatic heterocycles. The Morgan fingerprint density at radius 3 is 2.73 bits per heavy atom. The lowest BCUT2D eigenvalue weighted by molar-refractivity contribution is 0.437. The topological polar surface area (TPSA) is 27.0 Å².